The predicted molar refractivity (Wildman–Crippen MR) is 86.6 cm³/mol. The molecular weight excluding hydrogens is 264 g/mol. The quantitative estimate of drug-likeness (QED) is 0.711. The second-order valence-electron chi connectivity index (χ2n) is 5.45. The van der Waals surface area contributed by atoms with Gasteiger partial charge in [0.15, 0.2) is 0 Å². The molecular formula is C17H28N2O2. The van der Waals surface area contributed by atoms with E-state index in [1.54, 1.807) is 19.0 Å². The van der Waals surface area contributed by atoms with Crippen molar-refractivity contribution in [3.8, 4) is 5.75 Å². The first-order valence-electron chi connectivity index (χ1n) is 7.71. The van der Waals surface area contributed by atoms with Crippen LogP contribution in [0.3, 0.4) is 0 Å². The summed E-state index contributed by atoms with van der Waals surface area (Å²) < 4.78 is 5.86. The van der Waals surface area contributed by atoms with Crippen molar-refractivity contribution in [3.63, 3.8) is 0 Å². The van der Waals surface area contributed by atoms with Gasteiger partial charge < -0.3 is 15.0 Å². The molecule has 1 unspecified atom stereocenters. The zero-order valence-electron chi connectivity index (χ0n) is 13.7. The summed E-state index contributed by atoms with van der Waals surface area (Å²) in [6.45, 7) is 5.86. The number of carbonyl (C=O) groups is 1. The predicted octanol–water partition coefficient (Wildman–Crippen LogP) is 2.99. The van der Waals surface area contributed by atoms with Crippen LogP contribution >= 0.6 is 0 Å². The van der Waals surface area contributed by atoms with E-state index in [9.17, 15) is 4.79 Å². The number of hydrogen-bond acceptors (Lipinski definition) is 3. The third-order valence-electron chi connectivity index (χ3n) is 3.38. The summed E-state index contributed by atoms with van der Waals surface area (Å²) >= 11 is 0. The molecule has 0 fully saturated rings. The number of nitrogens with zero attached hydrogens (tertiary/aromatic N) is 1. The molecule has 0 aliphatic carbocycles. The minimum atomic E-state index is 0.143. The molecule has 1 aromatic rings. The first kappa shape index (κ1) is 17.5. The van der Waals surface area contributed by atoms with Gasteiger partial charge in [0.05, 0.1) is 6.61 Å². The van der Waals surface area contributed by atoms with Gasteiger partial charge in [-0.25, -0.2) is 0 Å². The van der Waals surface area contributed by atoms with E-state index in [0.717, 1.165) is 25.1 Å². The molecule has 0 aliphatic rings. The minimum Gasteiger partial charge on any atom is -0.493 e. The van der Waals surface area contributed by atoms with Gasteiger partial charge >= 0.3 is 0 Å². The second kappa shape index (κ2) is 9.40. The minimum absolute atomic E-state index is 0.143. The van der Waals surface area contributed by atoms with Gasteiger partial charge in [0.2, 0.25) is 5.91 Å². The Morgan fingerprint density at radius 3 is 2.71 bits per heavy atom. The van der Waals surface area contributed by atoms with Crippen molar-refractivity contribution in [2.75, 3.05) is 27.2 Å². The Labute approximate surface area is 128 Å². The van der Waals surface area contributed by atoms with Crippen LogP contribution in [-0.4, -0.2) is 38.1 Å². The highest BCUT2D eigenvalue weighted by Crippen LogP contribution is 2.24. The molecule has 21 heavy (non-hydrogen) atoms. The molecule has 0 aliphatic heterocycles. The summed E-state index contributed by atoms with van der Waals surface area (Å²) in [7, 11) is 3.55. The maximum atomic E-state index is 11.5. The van der Waals surface area contributed by atoms with Gasteiger partial charge in [0, 0.05) is 32.1 Å². The molecule has 0 radical (unpaired) electrons. The van der Waals surface area contributed by atoms with Crippen molar-refractivity contribution >= 4 is 5.91 Å². The Hall–Kier alpha value is -1.55. The largest absolute Gasteiger partial charge is 0.493 e. The molecule has 4 nitrogen and oxygen atoms in total. The second-order valence-corrected chi connectivity index (χ2v) is 5.45. The summed E-state index contributed by atoms with van der Waals surface area (Å²) in [4.78, 5) is 13.1. The van der Waals surface area contributed by atoms with E-state index in [2.05, 4.69) is 25.2 Å². The Morgan fingerprint density at radius 2 is 2.05 bits per heavy atom. The first-order chi connectivity index (χ1) is 10.1. The number of hydrogen-bond donors (Lipinski definition) is 1. The Kier molecular flexibility index (Phi) is 7.83. The van der Waals surface area contributed by atoms with Crippen LogP contribution in [0, 0.1) is 0 Å². The molecule has 0 saturated carbocycles. The fourth-order valence-corrected chi connectivity index (χ4v) is 2.07. The zero-order chi connectivity index (χ0) is 15.7. The van der Waals surface area contributed by atoms with E-state index in [1.807, 2.05) is 18.2 Å². The van der Waals surface area contributed by atoms with Gasteiger partial charge in [0.25, 0.3) is 0 Å². The van der Waals surface area contributed by atoms with Crippen LogP contribution in [0.15, 0.2) is 24.3 Å². The molecule has 1 N–H and O–H groups in total. The molecule has 0 spiro atoms. The van der Waals surface area contributed by atoms with Crippen LogP contribution in [0.2, 0.25) is 0 Å². The van der Waals surface area contributed by atoms with Crippen molar-refractivity contribution in [1.82, 2.24) is 10.2 Å². The zero-order valence-corrected chi connectivity index (χ0v) is 13.7. The number of benzene rings is 1. The van der Waals surface area contributed by atoms with E-state index >= 15 is 0 Å². The molecule has 1 rings (SSSR count). The van der Waals surface area contributed by atoms with Crippen molar-refractivity contribution in [2.24, 2.45) is 0 Å². The number of ether oxygens (including phenoxy) is 1. The molecule has 4 heteroatoms. The lowest BCUT2D eigenvalue weighted by molar-refractivity contribution is -0.128. The highest BCUT2D eigenvalue weighted by molar-refractivity contribution is 5.75. The summed E-state index contributed by atoms with van der Waals surface area (Å²) in [6.07, 6.45) is 2.38. The molecule has 118 valence electrons. The van der Waals surface area contributed by atoms with Crippen molar-refractivity contribution in [1.29, 1.82) is 0 Å². The maximum absolute atomic E-state index is 11.5. The van der Waals surface area contributed by atoms with Crippen LogP contribution in [0.4, 0.5) is 0 Å². The molecule has 1 atom stereocenters. The highest BCUT2D eigenvalue weighted by Gasteiger charge is 2.10. The molecule has 1 amide bonds. The standard InChI is InChI=1S/C17H28N2O2/c1-5-12-18-14(2)15-9-6-7-10-16(15)21-13-8-11-17(20)19(3)4/h6-7,9-10,14,18H,5,8,11-13H2,1-4H3. The Balaban J connectivity index is 2.49. The lowest BCUT2D eigenvalue weighted by atomic mass is 10.1. The number of carbonyl (C=O) groups excluding carboxylic acids is 1. The summed E-state index contributed by atoms with van der Waals surface area (Å²) in [5.74, 6) is 1.05. The van der Waals surface area contributed by atoms with E-state index in [0.29, 0.717) is 13.0 Å². The summed E-state index contributed by atoms with van der Waals surface area (Å²) in [5, 5.41) is 3.47. The number of amides is 1. The fraction of sp³-hybridized carbons (Fsp3) is 0.588. The summed E-state index contributed by atoms with van der Waals surface area (Å²) in [6, 6.07) is 8.36. The van der Waals surface area contributed by atoms with E-state index in [-0.39, 0.29) is 11.9 Å². The Morgan fingerprint density at radius 1 is 1.33 bits per heavy atom. The first-order valence-corrected chi connectivity index (χ1v) is 7.71. The molecule has 0 saturated heterocycles. The average Bonchev–Trinajstić information content (AvgIpc) is 2.49. The van der Waals surface area contributed by atoms with Crippen LogP contribution in [-0.2, 0) is 4.79 Å². The van der Waals surface area contributed by atoms with Gasteiger partial charge in [-0.2, -0.15) is 0 Å². The van der Waals surface area contributed by atoms with Crippen molar-refractivity contribution in [2.45, 2.75) is 39.2 Å². The van der Waals surface area contributed by atoms with Crippen LogP contribution in [0.5, 0.6) is 5.75 Å². The number of nitrogens with one attached hydrogen (secondary N) is 1. The molecule has 1 aromatic carbocycles. The van der Waals surface area contributed by atoms with E-state index < -0.39 is 0 Å². The van der Waals surface area contributed by atoms with Crippen LogP contribution in [0.1, 0.15) is 44.7 Å². The smallest absolute Gasteiger partial charge is 0.222 e. The SMILES string of the molecule is CCCNC(C)c1ccccc1OCCCC(=O)N(C)C. The van der Waals surface area contributed by atoms with Gasteiger partial charge in [-0.1, -0.05) is 25.1 Å². The van der Waals surface area contributed by atoms with E-state index in [1.165, 1.54) is 5.56 Å². The van der Waals surface area contributed by atoms with Gasteiger partial charge in [-0.15, -0.1) is 0 Å². The topological polar surface area (TPSA) is 41.6 Å². The lowest BCUT2D eigenvalue weighted by Crippen LogP contribution is -2.22. The van der Waals surface area contributed by atoms with E-state index in [4.69, 9.17) is 4.74 Å². The summed E-state index contributed by atoms with van der Waals surface area (Å²) in [5.41, 5.74) is 1.17. The molecule has 0 aromatic heterocycles. The lowest BCUT2D eigenvalue weighted by Gasteiger charge is -2.18. The normalized spacial score (nSPS) is 12.0. The third-order valence-corrected chi connectivity index (χ3v) is 3.38. The molecule has 0 bridgehead atoms. The maximum Gasteiger partial charge on any atom is 0.222 e. The third kappa shape index (κ3) is 6.17. The monoisotopic (exact) mass is 292 g/mol. The van der Waals surface area contributed by atoms with Crippen molar-refractivity contribution < 1.29 is 9.53 Å². The number of para-hydroxylation sites is 1. The van der Waals surface area contributed by atoms with Gasteiger partial charge in [-0.05, 0) is 32.4 Å². The van der Waals surface area contributed by atoms with Gasteiger partial charge in [-0.3, -0.25) is 4.79 Å². The van der Waals surface area contributed by atoms with Gasteiger partial charge in [0.1, 0.15) is 5.75 Å². The number of rotatable bonds is 9. The van der Waals surface area contributed by atoms with Crippen LogP contribution < -0.4 is 10.1 Å². The Bertz CT molecular complexity index is 433. The van der Waals surface area contributed by atoms with Crippen molar-refractivity contribution in [3.05, 3.63) is 29.8 Å². The highest BCUT2D eigenvalue weighted by atomic mass is 16.5. The fourth-order valence-electron chi connectivity index (χ4n) is 2.07. The van der Waals surface area contributed by atoms with Crippen LogP contribution in [0.25, 0.3) is 0 Å². The molecule has 0 heterocycles. The average molecular weight is 292 g/mol.